The smallest absolute Gasteiger partial charge is 0.340 e. The van der Waals surface area contributed by atoms with Crippen LogP contribution < -0.4 is 10.6 Å². The molecule has 0 aliphatic rings. The molecule has 0 radical (unpaired) electrons. The van der Waals surface area contributed by atoms with Crippen molar-refractivity contribution in [3.8, 4) is 0 Å². The van der Waals surface area contributed by atoms with Gasteiger partial charge in [-0.25, -0.2) is 9.59 Å². The molecule has 0 spiro atoms. The van der Waals surface area contributed by atoms with Crippen LogP contribution in [0.1, 0.15) is 0 Å². The number of amides is 4. The van der Waals surface area contributed by atoms with Gasteiger partial charge in [-0.05, 0) is 0 Å². The van der Waals surface area contributed by atoms with Crippen molar-refractivity contribution in [2.24, 2.45) is 10.6 Å². The maximum atomic E-state index is 11.6. The molecule has 0 bridgehead atoms. The van der Waals surface area contributed by atoms with Gasteiger partial charge in [-0.2, -0.15) is 10.0 Å². The SMILES string of the molecule is O=NN(CCCl)C(=O)NC[C@@H](O)[C@H](O)[C@H](O)[C@@H](O)CNC(=O)N(CCCl)N=O. The van der Waals surface area contributed by atoms with E-state index in [9.17, 15) is 39.8 Å². The summed E-state index contributed by atoms with van der Waals surface area (Å²) in [4.78, 5) is 44.1. The molecule has 0 saturated heterocycles. The first kappa shape index (κ1) is 26.2. The zero-order valence-corrected chi connectivity index (χ0v) is 16.0. The normalized spacial score (nSPS) is 14.9. The number of nitroso groups, excluding NO2 is 2. The predicted molar refractivity (Wildman–Crippen MR) is 97.3 cm³/mol. The number of rotatable bonds is 13. The second-order valence-corrected chi connectivity index (χ2v) is 6.03. The first-order valence-electron chi connectivity index (χ1n) is 7.84. The zero-order chi connectivity index (χ0) is 21.7. The van der Waals surface area contributed by atoms with Crippen LogP contribution in [0.2, 0.25) is 0 Å². The van der Waals surface area contributed by atoms with Gasteiger partial charge in [-0.15, -0.1) is 33.0 Å². The summed E-state index contributed by atoms with van der Waals surface area (Å²) in [6, 6.07) is -1.99. The largest absolute Gasteiger partial charge is 0.388 e. The Kier molecular flexibility index (Phi) is 13.3. The summed E-state index contributed by atoms with van der Waals surface area (Å²) in [6.45, 7) is -1.56. The third-order valence-corrected chi connectivity index (χ3v) is 3.66. The van der Waals surface area contributed by atoms with Crippen LogP contribution in [0.3, 0.4) is 0 Å². The molecule has 0 unspecified atom stereocenters. The maximum absolute atomic E-state index is 11.6. The lowest BCUT2D eigenvalue weighted by atomic mass is 10.0. The molecule has 0 rings (SSSR count). The molecule has 0 heterocycles. The van der Waals surface area contributed by atoms with Gasteiger partial charge in [0.15, 0.2) is 0 Å². The van der Waals surface area contributed by atoms with Crippen LogP contribution in [0.4, 0.5) is 9.59 Å². The average molecular weight is 449 g/mol. The van der Waals surface area contributed by atoms with E-state index in [1.807, 2.05) is 0 Å². The average Bonchev–Trinajstić information content (AvgIpc) is 2.70. The summed E-state index contributed by atoms with van der Waals surface area (Å²) in [5.41, 5.74) is 0. The molecule has 162 valence electrons. The molecular weight excluding hydrogens is 427 g/mol. The molecule has 0 fully saturated rings. The molecule has 16 heteroatoms. The lowest BCUT2D eigenvalue weighted by Gasteiger charge is -2.27. The number of carbonyl (C=O) groups is 2. The Labute approximate surface area is 169 Å². The minimum atomic E-state index is -1.93. The second kappa shape index (κ2) is 14.2. The van der Waals surface area contributed by atoms with Gasteiger partial charge in [0.2, 0.25) is 0 Å². The summed E-state index contributed by atoms with van der Waals surface area (Å²) >= 11 is 10.7. The van der Waals surface area contributed by atoms with E-state index in [0.717, 1.165) is 0 Å². The van der Waals surface area contributed by atoms with E-state index in [0.29, 0.717) is 10.0 Å². The minimum Gasteiger partial charge on any atom is -0.388 e. The zero-order valence-electron chi connectivity index (χ0n) is 14.5. The Morgan fingerprint density at radius 1 is 0.786 bits per heavy atom. The van der Waals surface area contributed by atoms with Crippen LogP contribution in [0.15, 0.2) is 10.6 Å². The highest BCUT2D eigenvalue weighted by Gasteiger charge is 2.31. The summed E-state index contributed by atoms with van der Waals surface area (Å²) in [5, 5.41) is 49.1. The van der Waals surface area contributed by atoms with Gasteiger partial charge >= 0.3 is 12.1 Å². The number of hydrogen-bond acceptors (Lipinski definition) is 10. The van der Waals surface area contributed by atoms with Gasteiger partial charge in [-0.1, -0.05) is 0 Å². The number of urea groups is 2. The molecule has 0 aromatic rings. The van der Waals surface area contributed by atoms with Gasteiger partial charge in [0.25, 0.3) is 0 Å². The van der Waals surface area contributed by atoms with Gasteiger partial charge in [-0.3, -0.25) is 0 Å². The van der Waals surface area contributed by atoms with Crippen molar-refractivity contribution in [1.82, 2.24) is 20.7 Å². The maximum Gasteiger partial charge on any atom is 0.340 e. The third-order valence-electron chi connectivity index (χ3n) is 3.32. The number of hydrogen-bond donors (Lipinski definition) is 6. The van der Waals surface area contributed by atoms with Gasteiger partial charge in [0, 0.05) is 24.8 Å². The fraction of sp³-hybridized carbons (Fsp3) is 0.833. The Balaban J connectivity index is 4.51. The molecule has 6 N–H and O–H groups in total. The molecule has 0 aromatic heterocycles. The highest BCUT2D eigenvalue weighted by Crippen LogP contribution is 2.05. The van der Waals surface area contributed by atoms with Crippen molar-refractivity contribution in [2.45, 2.75) is 24.4 Å². The first-order valence-corrected chi connectivity index (χ1v) is 8.91. The Bertz CT molecular complexity index is 475. The fourth-order valence-corrected chi connectivity index (χ4v) is 2.10. The van der Waals surface area contributed by atoms with E-state index in [2.05, 4.69) is 21.2 Å². The topological polar surface area (TPSA) is 204 Å². The van der Waals surface area contributed by atoms with Crippen molar-refractivity contribution in [3.05, 3.63) is 9.81 Å². The highest BCUT2D eigenvalue weighted by molar-refractivity contribution is 6.18. The predicted octanol–water partition coefficient (Wildman–Crippen LogP) is -1.71. The molecular formula is C12H22Cl2N6O8. The van der Waals surface area contributed by atoms with Crippen molar-refractivity contribution in [3.63, 3.8) is 0 Å². The lowest BCUT2D eigenvalue weighted by Crippen LogP contribution is -2.53. The van der Waals surface area contributed by atoms with E-state index in [1.165, 1.54) is 0 Å². The summed E-state index contributed by atoms with van der Waals surface area (Å²) in [6.07, 6.45) is -7.33. The Morgan fingerprint density at radius 3 is 1.36 bits per heavy atom. The molecule has 28 heavy (non-hydrogen) atoms. The molecule has 4 atom stereocenters. The number of aliphatic hydroxyl groups excluding tert-OH is 4. The minimum absolute atomic E-state index is 0.0666. The number of aliphatic hydroxyl groups is 4. The molecule has 0 saturated carbocycles. The van der Waals surface area contributed by atoms with Crippen LogP contribution in [0.5, 0.6) is 0 Å². The van der Waals surface area contributed by atoms with Crippen LogP contribution in [-0.2, 0) is 0 Å². The van der Waals surface area contributed by atoms with Crippen molar-refractivity contribution < 1.29 is 30.0 Å². The summed E-state index contributed by atoms with van der Waals surface area (Å²) in [5.74, 6) is -0.133. The van der Waals surface area contributed by atoms with E-state index in [-0.39, 0.29) is 24.8 Å². The Hall–Kier alpha value is -1.84. The number of nitrogens with zero attached hydrogens (tertiary/aromatic N) is 4. The number of alkyl halides is 2. The standard InChI is InChI=1S/C12H22Cl2N6O8/c13-1-3-19(17-27)11(25)15-5-7(21)9(23)10(24)8(22)6-16-12(26)20(18-28)4-2-14/h7-10,21-24H,1-6H2,(H,15,25)(H,16,26)/t7-,8+,9+,10-. The first-order chi connectivity index (χ1) is 13.2. The third kappa shape index (κ3) is 8.90. The van der Waals surface area contributed by atoms with Crippen molar-refractivity contribution in [1.29, 1.82) is 0 Å². The van der Waals surface area contributed by atoms with E-state index in [4.69, 9.17) is 23.2 Å². The number of nitrogens with one attached hydrogen (secondary N) is 2. The highest BCUT2D eigenvalue weighted by atomic mass is 35.5. The van der Waals surface area contributed by atoms with E-state index >= 15 is 0 Å². The van der Waals surface area contributed by atoms with E-state index in [1.54, 1.807) is 0 Å². The van der Waals surface area contributed by atoms with Crippen LogP contribution in [0.25, 0.3) is 0 Å². The molecule has 0 aromatic carbocycles. The molecule has 0 aliphatic carbocycles. The summed E-state index contributed by atoms with van der Waals surface area (Å²) in [7, 11) is 0. The van der Waals surface area contributed by atoms with Gasteiger partial charge in [0.05, 0.1) is 35.9 Å². The second-order valence-electron chi connectivity index (χ2n) is 5.28. The van der Waals surface area contributed by atoms with Gasteiger partial charge in [0.1, 0.15) is 12.2 Å². The molecule has 4 amide bonds. The molecule has 14 nitrogen and oxygen atoms in total. The fourth-order valence-electron chi connectivity index (χ4n) is 1.78. The quantitative estimate of drug-likeness (QED) is 0.108. The van der Waals surface area contributed by atoms with Crippen LogP contribution in [0, 0.1) is 9.81 Å². The number of carbonyl (C=O) groups excluding carboxylic acids is 2. The van der Waals surface area contributed by atoms with Crippen LogP contribution in [-0.4, -0.2) is 105 Å². The summed E-state index contributed by atoms with van der Waals surface area (Å²) < 4.78 is 0. The van der Waals surface area contributed by atoms with Crippen molar-refractivity contribution >= 4 is 35.3 Å². The number of halogens is 2. The monoisotopic (exact) mass is 448 g/mol. The van der Waals surface area contributed by atoms with Crippen molar-refractivity contribution in [2.75, 3.05) is 37.9 Å². The molecule has 0 aliphatic heterocycles. The van der Waals surface area contributed by atoms with Gasteiger partial charge < -0.3 is 31.1 Å². The lowest BCUT2D eigenvalue weighted by molar-refractivity contribution is -0.101. The van der Waals surface area contributed by atoms with Crippen LogP contribution >= 0.6 is 23.2 Å². The van der Waals surface area contributed by atoms with E-state index < -0.39 is 49.6 Å². The Morgan fingerprint density at radius 2 is 1.11 bits per heavy atom.